The fourth-order valence-corrected chi connectivity index (χ4v) is 7.80. The summed E-state index contributed by atoms with van der Waals surface area (Å²) >= 11 is 5.97. The van der Waals surface area contributed by atoms with Crippen LogP contribution in [0.2, 0.25) is 5.02 Å². The number of hydrogen-bond acceptors (Lipinski definition) is 6. The van der Waals surface area contributed by atoms with Crippen LogP contribution in [0.15, 0.2) is 24.3 Å². The maximum absolute atomic E-state index is 13.4. The molecule has 0 radical (unpaired) electrons. The Morgan fingerprint density at radius 2 is 1.79 bits per heavy atom. The molecule has 1 heterocycles. The van der Waals surface area contributed by atoms with Gasteiger partial charge in [-0.05, 0) is 55.7 Å². The second-order valence-corrected chi connectivity index (χ2v) is 14.7. The number of carbonyl (C=O) groups excluding carboxylic acids is 4. The lowest BCUT2D eigenvalue weighted by Crippen LogP contribution is -2.55. The topological polar surface area (TPSA) is 127 Å². The van der Waals surface area contributed by atoms with Crippen molar-refractivity contribution in [3.8, 4) is 0 Å². The van der Waals surface area contributed by atoms with Gasteiger partial charge in [-0.1, -0.05) is 44.5 Å². The Balaban J connectivity index is 2.05. The van der Waals surface area contributed by atoms with Crippen molar-refractivity contribution in [1.29, 1.82) is 0 Å². The molecule has 0 aromatic heterocycles. The van der Waals surface area contributed by atoms with Gasteiger partial charge in [-0.15, -0.1) is 0 Å². The summed E-state index contributed by atoms with van der Waals surface area (Å²) in [6, 6.07) is 4.87. The quantitative estimate of drug-likeness (QED) is 0.132. The predicted molar refractivity (Wildman–Crippen MR) is 154 cm³/mol. The Hall–Kier alpha value is -1.75. The van der Waals surface area contributed by atoms with Gasteiger partial charge in [-0.3, -0.25) is 19.2 Å². The molecule has 2 rings (SSSR count). The van der Waals surface area contributed by atoms with Gasteiger partial charge in [0.15, 0.2) is 0 Å². The molecule has 1 fully saturated rings. The molecular weight excluding hydrogens is 546 g/mol. The van der Waals surface area contributed by atoms with Gasteiger partial charge in [-0.2, -0.15) is 0 Å². The predicted octanol–water partition coefficient (Wildman–Crippen LogP) is 3.72. The maximum atomic E-state index is 13.4. The first-order valence-electron chi connectivity index (χ1n) is 13.1. The van der Waals surface area contributed by atoms with Crippen molar-refractivity contribution >= 4 is 56.1 Å². The highest BCUT2D eigenvalue weighted by Crippen LogP contribution is 2.33. The van der Waals surface area contributed by atoms with Crippen molar-refractivity contribution in [2.75, 3.05) is 12.3 Å². The van der Waals surface area contributed by atoms with Gasteiger partial charge in [0.1, 0.15) is 17.3 Å². The van der Waals surface area contributed by atoms with Crippen LogP contribution in [0.5, 0.6) is 0 Å². The molecule has 1 aliphatic rings. The number of likely N-dealkylation sites (N-methyl/N-ethyl adjacent to an activating group) is 1. The number of hydrogen-bond donors (Lipinski definition) is 3. The van der Waals surface area contributed by atoms with Crippen LogP contribution in [0.1, 0.15) is 71.8 Å². The second-order valence-electron chi connectivity index (χ2n) is 10.7. The lowest BCUT2D eigenvalue weighted by atomic mass is 9.87. The molecule has 1 aliphatic heterocycles. The van der Waals surface area contributed by atoms with Crippen LogP contribution in [0, 0.1) is 5.41 Å². The van der Waals surface area contributed by atoms with E-state index >= 15 is 0 Å². The maximum Gasteiger partial charge on any atom is 0.289 e. The van der Waals surface area contributed by atoms with E-state index in [1.165, 1.54) is 10.8 Å². The van der Waals surface area contributed by atoms with Crippen LogP contribution in [-0.4, -0.2) is 57.7 Å². The van der Waals surface area contributed by atoms with Gasteiger partial charge >= 0.3 is 0 Å². The van der Waals surface area contributed by atoms with E-state index in [1.807, 2.05) is 20.8 Å². The molecule has 4 atom stereocenters. The molecule has 3 amide bonds. The monoisotopic (exact) mass is 585 g/mol. The number of Topliss-reactive ketones (excluding diaryl/α,β-unsaturated/α-hetero) is 1. The average Bonchev–Trinajstić information content (AvgIpc) is 3.25. The van der Waals surface area contributed by atoms with Gasteiger partial charge in [0.05, 0.1) is 10.8 Å². The van der Waals surface area contributed by atoms with Crippen LogP contribution < -0.4 is 16.0 Å². The van der Waals surface area contributed by atoms with Gasteiger partial charge < -0.3 is 20.5 Å². The Morgan fingerprint density at radius 3 is 2.37 bits per heavy atom. The third kappa shape index (κ3) is 11.6. The van der Waals surface area contributed by atoms with Crippen LogP contribution in [0.25, 0.3) is 0 Å². The van der Waals surface area contributed by atoms with E-state index in [0.717, 1.165) is 30.6 Å². The average molecular weight is 586 g/mol. The standard InChI is InChI=1S/C27H40ClN3O5S2/c1-5-29-26(35)24(33)21(16-18-10-12-19(28)13-11-18)31-25(34)22(17-27(2,3)4)30-23(32)9-7-6-8-20-14-15-37-38(20)36/h10-13,20-22H,5-9,14-17H2,1-4H3,(H,29,35)(H,30,32)(H,31,34)/t20?,21-,22-,38?/m0/s1. The van der Waals surface area contributed by atoms with Gasteiger partial charge in [0.2, 0.25) is 17.6 Å². The van der Waals surface area contributed by atoms with Crippen molar-refractivity contribution in [2.24, 2.45) is 5.41 Å². The minimum atomic E-state index is -1.10. The first kappa shape index (κ1) is 32.5. The van der Waals surface area contributed by atoms with Gasteiger partial charge in [0, 0.05) is 46.8 Å². The molecule has 3 N–H and O–H groups in total. The number of nitrogens with one attached hydrogen (secondary N) is 3. The van der Waals surface area contributed by atoms with E-state index in [0.29, 0.717) is 17.9 Å². The first-order valence-corrected chi connectivity index (χ1v) is 16.2. The zero-order valence-electron chi connectivity index (χ0n) is 22.6. The summed E-state index contributed by atoms with van der Waals surface area (Å²) in [6.45, 7) is 7.88. The highest BCUT2D eigenvalue weighted by Gasteiger charge is 2.33. The molecule has 1 saturated heterocycles. The normalized spacial score (nSPS) is 18.9. The van der Waals surface area contributed by atoms with Gasteiger partial charge in [0.25, 0.3) is 5.91 Å². The number of unbranched alkanes of at least 4 members (excludes halogenated alkanes) is 1. The van der Waals surface area contributed by atoms with E-state index in [2.05, 4.69) is 16.0 Å². The summed E-state index contributed by atoms with van der Waals surface area (Å²) in [4.78, 5) is 51.3. The Morgan fingerprint density at radius 1 is 1.11 bits per heavy atom. The molecule has 0 bridgehead atoms. The zero-order valence-corrected chi connectivity index (χ0v) is 25.0. The summed E-state index contributed by atoms with van der Waals surface area (Å²) in [5.74, 6) is -1.37. The van der Waals surface area contributed by atoms with E-state index in [1.54, 1.807) is 31.2 Å². The van der Waals surface area contributed by atoms with Crippen LogP contribution in [-0.2, 0) is 35.8 Å². The summed E-state index contributed by atoms with van der Waals surface area (Å²) in [7, 11) is 0.660. The van der Waals surface area contributed by atoms with Crippen molar-refractivity contribution < 1.29 is 23.7 Å². The van der Waals surface area contributed by atoms with Crippen LogP contribution >= 0.6 is 22.4 Å². The van der Waals surface area contributed by atoms with Crippen molar-refractivity contribution in [1.82, 2.24) is 16.0 Å². The van der Waals surface area contributed by atoms with Crippen LogP contribution in [0.4, 0.5) is 0 Å². The SMILES string of the molecule is CCNC(=O)C(=O)[C@H](Cc1ccc(Cl)cc1)NC(=O)[C@H](CC(C)(C)C)NC(=O)CCCCC1CCS[S+]1[O-]. The lowest BCUT2D eigenvalue weighted by molar-refractivity contribution is -0.140. The van der Waals surface area contributed by atoms with E-state index in [9.17, 15) is 23.7 Å². The summed E-state index contributed by atoms with van der Waals surface area (Å²) < 4.78 is 11.9. The minimum absolute atomic E-state index is 0.107. The summed E-state index contributed by atoms with van der Waals surface area (Å²) in [5.41, 5.74) is 0.449. The lowest BCUT2D eigenvalue weighted by Gasteiger charge is -2.28. The number of benzene rings is 1. The molecule has 1 aromatic rings. The number of ketones is 1. The Bertz CT molecular complexity index is 955. The van der Waals surface area contributed by atoms with Crippen LogP contribution in [0.3, 0.4) is 0 Å². The molecular formula is C27H40ClN3O5S2. The molecule has 212 valence electrons. The molecule has 0 spiro atoms. The fraction of sp³-hybridized carbons (Fsp3) is 0.630. The molecule has 0 saturated carbocycles. The Kier molecular flexibility index (Phi) is 13.4. The first-order chi connectivity index (χ1) is 17.9. The molecule has 11 heteroatoms. The summed E-state index contributed by atoms with van der Waals surface area (Å²) in [6.07, 6.45) is 3.93. The highest BCUT2D eigenvalue weighted by molar-refractivity contribution is 8.72. The third-order valence-electron chi connectivity index (χ3n) is 6.11. The molecule has 2 unspecified atom stereocenters. The smallest absolute Gasteiger partial charge is 0.289 e. The van der Waals surface area contributed by atoms with Crippen molar-refractivity contribution in [2.45, 2.75) is 90.0 Å². The van der Waals surface area contributed by atoms with Gasteiger partial charge in [-0.25, -0.2) is 0 Å². The molecule has 8 nitrogen and oxygen atoms in total. The molecule has 0 aliphatic carbocycles. The van der Waals surface area contributed by atoms with E-state index < -0.39 is 39.9 Å². The number of amides is 3. The fourth-order valence-electron chi connectivity index (χ4n) is 4.18. The third-order valence-corrected chi connectivity index (χ3v) is 10.0. The number of halogens is 1. The molecule has 1 aromatic carbocycles. The number of carbonyl (C=O) groups is 4. The second kappa shape index (κ2) is 15.7. The Labute approximate surface area is 237 Å². The zero-order chi connectivity index (χ0) is 28.3. The van der Waals surface area contributed by atoms with Crippen molar-refractivity contribution in [3.05, 3.63) is 34.9 Å². The largest absolute Gasteiger partial charge is 0.605 e. The number of rotatable bonds is 14. The van der Waals surface area contributed by atoms with Crippen molar-refractivity contribution in [3.63, 3.8) is 0 Å². The van der Waals surface area contributed by atoms with E-state index in [-0.39, 0.29) is 36.0 Å². The molecule has 38 heavy (non-hydrogen) atoms. The summed E-state index contributed by atoms with van der Waals surface area (Å²) in [5, 5.41) is 8.79. The highest BCUT2D eigenvalue weighted by atomic mass is 35.5. The minimum Gasteiger partial charge on any atom is -0.605 e. The van der Waals surface area contributed by atoms with E-state index in [4.69, 9.17) is 11.6 Å².